The molecule has 0 radical (unpaired) electrons. The first kappa shape index (κ1) is 15.8. The van der Waals surface area contributed by atoms with Crippen molar-refractivity contribution in [3.8, 4) is 0 Å². The summed E-state index contributed by atoms with van der Waals surface area (Å²) in [6.07, 6.45) is 2.08. The molecular weight excluding hydrogens is 300 g/mol. The number of carbonyl (C=O) groups excluding carboxylic acids is 1. The summed E-state index contributed by atoms with van der Waals surface area (Å²) in [5, 5.41) is 3.40. The standard InChI is InChI=1S/C16H21BClNO3/c1-15(2)16(3,4)22-17(21-15)10-5-8-13(18)12(9-10)14(20)19-11-6-7-11/h5,8-9,11H,6-7H2,1-4H3,(H,19,20). The fourth-order valence-electron chi connectivity index (χ4n) is 2.33. The fourth-order valence-corrected chi connectivity index (χ4v) is 2.54. The molecule has 2 aliphatic rings. The van der Waals surface area contributed by atoms with Gasteiger partial charge in [0.2, 0.25) is 0 Å². The van der Waals surface area contributed by atoms with E-state index in [9.17, 15) is 4.79 Å². The van der Waals surface area contributed by atoms with Gasteiger partial charge < -0.3 is 14.6 Å². The second-order valence-electron chi connectivity index (χ2n) is 7.08. The number of carbonyl (C=O) groups is 1. The fraction of sp³-hybridized carbons (Fsp3) is 0.562. The summed E-state index contributed by atoms with van der Waals surface area (Å²) in [5.41, 5.74) is 0.464. The van der Waals surface area contributed by atoms with Crippen LogP contribution in [0.2, 0.25) is 5.02 Å². The number of rotatable bonds is 3. The van der Waals surface area contributed by atoms with Gasteiger partial charge in [-0.1, -0.05) is 17.7 Å². The van der Waals surface area contributed by atoms with Gasteiger partial charge in [0.05, 0.1) is 21.8 Å². The third kappa shape index (κ3) is 2.90. The van der Waals surface area contributed by atoms with Crippen molar-refractivity contribution in [1.29, 1.82) is 0 Å². The third-order valence-corrected chi connectivity index (χ3v) is 5.00. The summed E-state index contributed by atoms with van der Waals surface area (Å²) >= 11 is 6.17. The molecule has 118 valence electrons. The van der Waals surface area contributed by atoms with Crippen molar-refractivity contribution in [1.82, 2.24) is 5.32 Å². The van der Waals surface area contributed by atoms with Crippen molar-refractivity contribution in [2.75, 3.05) is 0 Å². The Morgan fingerprint density at radius 1 is 1.23 bits per heavy atom. The normalized spacial score (nSPS) is 22.7. The van der Waals surface area contributed by atoms with Gasteiger partial charge in [-0.15, -0.1) is 0 Å². The first-order valence-corrected chi connectivity index (χ1v) is 8.03. The molecule has 0 unspecified atom stereocenters. The highest BCUT2D eigenvalue weighted by molar-refractivity contribution is 6.62. The largest absolute Gasteiger partial charge is 0.494 e. The zero-order chi connectivity index (χ0) is 16.1. The van der Waals surface area contributed by atoms with Gasteiger partial charge in [-0.05, 0) is 58.1 Å². The molecule has 4 nitrogen and oxygen atoms in total. The van der Waals surface area contributed by atoms with Crippen molar-refractivity contribution in [2.45, 2.75) is 57.8 Å². The van der Waals surface area contributed by atoms with Crippen molar-refractivity contribution in [3.05, 3.63) is 28.8 Å². The highest BCUT2D eigenvalue weighted by Crippen LogP contribution is 2.36. The van der Waals surface area contributed by atoms with Gasteiger partial charge in [-0.2, -0.15) is 0 Å². The Morgan fingerprint density at radius 3 is 2.36 bits per heavy atom. The number of hydrogen-bond acceptors (Lipinski definition) is 3. The molecule has 1 aromatic rings. The first-order chi connectivity index (χ1) is 10.2. The molecule has 1 N–H and O–H groups in total. The van der Waals surface area contributed by atoms with Crippen LogP contribution in [0.4, 0.5) is 0 Å². The number of amides is 1. The summed E-state index contributed by atoms with van der Waals surface area (Å²) in [6.45, 7) is 8.01. The van der Waals surface area contributed by atoms with E-state index in [4.69, 9.17) is 20.9 Å². The predicted molar refractivity (Wildman–Crippen MR) is 87.7 cm³/mol. The van der Waals surface area contributed by atoms with Crippen LogP contribution in [0.5, 0.6) is 0 Å². The van der Waals surface area contributed by atoms with Crippen LogP contribution in [-0.4, -0.2) is 30.3 Å². The molecule has 22 heavy (non-hydrogen) atoms. The van der Waals surface area contributed by atoms with Gasteiger partial charge in [0.1, 0.15) is 0 Å². The minimum Gasteiger partial charge on any atom is -0.399 e. The summed E-state index contributed by atoms with van der Waals surface area (Å²) in [4.78, 5) is 12.3. The SMILES string of the molecule is CC1(C)OB(c2ccc(Cl)c(C(=O)NC3CC3)c2)OC1(C)C. The molecule has 1 heterocycles. The zero-order valence-corrected chi connectivity index (χ0v) is 14.2. The quantitative estimate of drug-likeness (QED) is 0.870. The molecule has 1 saturated heterocycles. The van der Waals surface area contributed by atoms with Crippen LogP contribution in [0.15, 0.2) is 18.2 Å². The molecule has 2 fully saturated rings. The first-order valence-electron chi connectivity index (χ1n) is 7.65. The second-order valence-corrected chi connectivity index (χ2v) is 7.48. The molecule has 0 spiro atoms. The lowest BCUT2D eigenvalue weighted by molar-refractivity contribution is 0.00578. The van der Waals surface area contributed by atoms with Gasteiger partial charge >= 0.3 is 7.12 Å². The summed E-state index contributed by atoms with van der Waals surface area (Å²) < 4.78 is 12.0. The van der Waals surface area contributed by atoms with Crippen molar-refractivity contribution in [3.63, 3.8) is 0 Å². The Balaban J connectivity index is 1.85. The maximum atomic E-state index is 12.3. The van der Waals surface area contributed by atoms with Gasteiger partial charge in [-0.25, -0.2) is 0 Å². The van der Waals surface area contributed by atoms with Crippen LogP contribution >= 0.6 is 11.6 Å². The molecule has 1 amide bonds. The van der Waals surface area contributed by atoms with E-state index in [1.165, 1.54) is 0 Å². The molecule has 1 aromatic carbocycles. The minimum absolute atomic E-state index is 0.133. The van der Waals surface area contributed by atoms with Gasteiger partial charge in [-0.3, -0.25) is 4.79 Å². The van der Waals surface area contributed by atoms with Crippen LogP contribution in [0.3, 0.4) is 0 Å². The zero-order valence-electron chi connectivity index (χ0n) is 13.4. The Kier molecular flexibility index (Phi) is 3.79. The van der Waals surface area contributed by atoms with E-state index < -0.39 is 18.3 Å². The Hall–Kier alpha value is -1.04. The monoisotopic (exact) mass is 321 g/mol. The van der Waals surface area contributed by atoms with Crippen molar-refractivity contribution >= 4 is 30.1 Å². The molecule has 0 bridgehead atoms. The van der Waals surface area contributed by atoms with Crippen LogP contribution < -0.4 is 10.8 Å². The summed E-state index contributed by atoms with van der Waals surface area (Å²) in [5.74, 6) is -0.133. The number of benzene rings is 1. The van der Waals surface area contributed by atoms with E-state index in [1.54, 1.807) is 12.1 Å². The van der Waals surface area contributed by atoms with Crippen molar-refractivity contribution < 1.29 is 14.1 Å². The Morgan fingerprint density at radius 2 is 1.82 bits per heavy atom. The topological polar surface area (TPSA) is 47.6 Å². The molecule has 1 aliphatic heterocycles. The molecule has 0 atom stereocenters. The molecule has 0 aromatic heterocycles. The maximum Gasteiger partial charge on any atom is 0.494 e. The van der Waals surface area contributed by atoms with Crippen molar-refractivity contribution in [2.24, 2.45) is 0 Å². The average molecular weight is 322 g/mol. The molecule has 1 aliphatic carbocycles. The maximum absolute atomic E-state index is 12.3. The Labute approximate surface area is 136 Å². The smallest absolute Gasteiger partial charge is 0.399 e. The van der Waals surface area contributed by atoms with E-state index in [2.05, 4.69) is 5.32 Å². The lowest BCUT2D eigenvalue weighted by Gasteiger charge is -2.32. The molecule has 1 saturated carbocycles. The van der Waals surface area contributed by atoms with Crippen LogP contribution in [-0.2, 0) is 9.31 Å². The molecule has 6 heteroatoms. The van der Waals surface area contributed by atoms with E-state index >= 15 is 0 Å². The highest BCUT2D eigenvalue weighted by Gasteiger charge is 2.51. The summed E-state index contributed by atoms with van der Waals surface area (Å²) in [6, 6.07) is 5.63. The predicted octanol–water partition coefficient (Wildman–Crippen LogP) is 2.53. The third-order valence-electron chi connectivity index (χ3n) is 4.67. The van der Waals surface area contributed by atoms with Gasteiger partial charge in [0.15, 0.2) is 0 Å². The van der Waals surface area contributed by atoms with E-state index in [-0.39, 0.29) is 5.91 Å². The van der Waals surface area contributed by atoms with Crippen LogP contribution in [0.25, 0.3) is 0 Å². The average Bonchev–Trinajstić information content (AvgIpc) is 3.17. The van der Waals surface area contributed by atoms with E-state index in [0.717, 1.165) is 18.3 Å². The van der Waals surface area contributed by atoms with E-state index in [1.807, 2.05) is 33.8 Å². The van der Waals surface area contributed by atoms with Gasteiger partial charge in [0, 0.05) is 6.04 Å². The highest BCUT2D eigenvalue weighted by atomic mass is 35.5. The van der Waals surface area contributed by atoms with Crippen LogP contribution in [0.1, 0.15) is 50.9 Å². The lowest BCUT2D eigenvalue weighted by Crippen LogP contribution is -2.41. The van der Waals surface area contributed by atoms with Gasteiger partial charge in [0.25, 0.3) is 5.91 Å². The number of hydrogen-bond donors (Lipinski definition) is 1. The molecular formula is C16H21BClNO3. The summed E-state index contributed by atoms with van der Waals surface area (Å²) in [7, 11) is -0.491. The second kappa shape index (κ2) is 5.26. The van der Waals surface area contributed by atoms with Crippen LogP contribution in [0, 0.1) is 0 Å². The number of halogens is 1. The Bertz CT molecular complexity index is 597. The minimum atomic E-state index is -0.491. The lowest BCUT2D eigenvalue weighted by atomic mass is 9.78. The van der Waals surface area contributed by atoms with E-state index in [0.29, 0.717) is 16.6 Å². The molecule has 3 rings (SSSR count). The number of nitrogens with one attached hydrogen (secondary N) is 1.